The van der Waals surface area contributed by atoms with Crippen molar-refractivity contribution in [3.8, 4) is 0 Å². The zero-order chi connectivity index (χ0) is 12.4. The van der Waals surface area contributed by atoms with Gasteiger partial charge in [0.1, 0.15) is 0 Å². The fourth-order valence-electron chi connectivity index (χ4n) is 2.06. The maximum atomic E-state index is 12.3. The van der Waals surface area contributed by atoms with Crippen molar-refractivity contribution in [3.63, 3.8) is 0 Å². The number of rotatable bonds is 1. The lowest BCUT2D eigenvalue weighted by atomic mass is 10.1. The third-order valence-corrected chi connectivity index (χ3v) is 3.07. The number of nitrogens with two attached hydrogens (primary N) is 1. The van der Waals surface area contributed by atoms with Crippen LogP contribution in [0.4, 0.5) is 5.69 Å². The molecule has 1 aliphatic heterocycles. The Hall–Kier alpha value is -1.55. The Balaban J connectivity index is 2.24. The lowest BCUT2D eigenvalue weighted by molar-refractivity contribution is 0.00365. The number of aryl methyl sites for hydroxylation is 1. The minimum absolute atomic E-state index is 0.00157. The van der Waals surface area contributed by atoms with Crippen molar-refractivity contribution in [2.24, 2.45) is 0 Å². The molecule has 92 valence electrons. The van der Waals surface area contributed by atoms with E-state index in [1.165, 1.54) is 0 Å². The zero-order valence-electron chi connectivity index (χ0n) is 10.3. The quantitative estimate of drug-likeness (QED) is 0.748. The van der Waals surface area contributed by atoms with Gasteiger partial charge in [0, 0.05) is 12.2 Å². The van der Waals surface area contributed by atoms with Crippen LogP contribution in [0.3, 0.4) is 0 Å². The van der Waals surface area contributed by atoms with Crippen LogP contribution in [-0.2, 0) is 4.74 Å². The topological polar surface area (TPSA) is 55.6 Å². The number of benzene rings is 1. The van der Waals surface area contributed by atoms with Crippen molar-refractivity contribution in [3.05, 3.63) is 29.3 Å². The molecular formula is C13H18N2O2. The normalized spacial score (nSPS) is 20.4. The van der Waals surface area contributed by atoms with Crippen LogP contribution in [-0.4, -0.2) is 36.6 Å². The second kappa shape index (κ2) is 4.75. The summed E-state index contributed by atoms with van der Waals surface area (Å²) in [5, 5.41) is 0. The first-order chi connectivity index (χ1) is 8.09. The van der Waals surface area contributed by atoms with Gasteiger partial charge >= 0.3 is 0 Å². The van der Waals surface area contributed by atoms with Gasteiger partial charge in [-0.3, -0.25) is 4.79 Å². The van der Waals surface area contributed by atoms with E-state index >= 15 is 0 Å². The summed E-state index contributed by atoms with van der Waals surface area (Å²) in [4.78, 5) is 14.2. The molecular weight excluding hydrogens is 216 g/mol. The van der Waals surface area contributed by atoms with Crippen LogP contribution in [0.5, 0.6) is 0 Å². The molecule has 1 amide bonds. The summed E-state index contributed by atoms with van der Waals surface area (Å²) in [5.74, 6) is -0.00157. The molecule has 0 spiro atoms. The standard InChI is InChI=1S/C13H18N2O2/c1-9-3-4-11(12(14)7-9)13(16)15-5-6-17-8-10(15)2/h3-4,7,10H,5-6,8,14H2,1-2H3. The molecule has 1 fully saturated rings. The first-order valence-corrected chi connectivity index (χ1v) is 5.84. The van der Waals surface area contributed by atoms with E-state index in [0.717, 1.165) is 5.56 Å². The number of hydrogen-bond acceptors (Lipinski definition) is 3. The van der Waals surface area contributed by atoms with Gasteiger partial charge in [-0.1, -0.05) is 6.07 Å². The van der Waals surface area contributed by atoms with Gasteiger partial charge in [-0.25, -0.2) is 0 Å². The summed E-state index contributed by atoms with van der Waals surface area (Å²) in [6.45, 7) is 5.77. The lowest BCUT2D eigenvalue weighted by Gasteiger charge is -2.33. The smallest absolute Gasteiger partial charge is 0.256 e. The summed E-state index contributed by atoms with van der Waals surface area (Å²) >= 11 is 0. The summed E-state index contributed by atoms with van der Waals surface area (Å²) < 4.78 is 5.32. The molecule has 0 radical (unpaired) electrons. The molecule has 4 heteroatoms. The molecule has 0 aromatic heterocycles. The van der Waals surface area contributed by atoms with Gasteiger partial charge in [0.15, 0.2) is 0 Å². The molecule has 2 rings (SSSR count). The largest absolute Gasteiger partial charge is 0.398 e. The molecule has 17 heavy (non-hydrogen) atoms. The maximum absolute atomic E-state index is 12.3. The number of nitrogen functional groups attached to an aromatic ring is 1. The van der Waals surface area contributed by atoms with Gasteiger partial charge in [0.2, 0.25) is 0 Å². The SMILES string of the molecule is Cc1ccc(C(=O)N2CCOCC2C)c(N)c1. The van der Waals surface area contributed by atoms with E-state index in [2.05, 4.69) is 0 Å². The first kappa shape index (κ1) is 11.9. The highest BCUT2D eigenvalue weighted by atomic mass is 16.5. The average Bonchev–Trinajstić information content (AvgIpc) is 2.29. The molecule has 1 heterocycles. The second-order valence-corrected chi connectivity index (χ2v) is 4.51. The molecule has 2 N–H and O–H groups in total. The van der Waals surface area contributed by atoms with Gasteiger partial charge in [0.25, 0.3) is 5.91 Å². The first-order valence-electron chi connectivity index (χ1n) is 5.84. The van der Waals surface area contributed by atoms with Crippen molar-refractivity contribution in [2.45, 2.75) is 19.9 Å². The third-order valence-electron chi connectivity index (χ3n) is 3.07. The Labute approximate surface area is 101 Å². The Kier molecular flexibility index (Phi) is 3.33. The van der Waals surface area contributed by atoms with Crippen molar-refractivity contribution < 1.29 is 9.53 Å². The number of carbonyl (C=O) groups excluding carboxylic acids is 1. The maximum Gasteiger partial charge on any atom is 0.256 e. The molecule has 0 aliphatic carbocycles. The molecule has 1 aromatic carbocycles. The van der Waals surface area contributed by atoms with Crippen molar-refractivity contribution >= 4 is 11.6 Å². The van der Waals surface area contributed by atoms with Crippen molar-refractivity contribution in [2.75, 3.05) is 25.5 Å². The van der Waals surface area contributed by atoms with Gasteiger partial charge in [0.05, 0.1) is 24.8 Å². The highest BCUT2D eigenvalue weighted by Gasteiger charge is 2.25. The molecule has 1 unspecified atom stereocenters. The van der Waals surface area contributed by atoms with Crippen molar-refractivity contribution in [1.29, 1.82) is 0 Å². The Morgan fingerprint density at radius 1 is 1.53 bits per heavy atom. The molecule has 1 saturated heterocycles. The van der Waals surface area contributed by atoms with E-state index in [9.17, 15) is 4.79 Å². The van der Waals surface area contributed by atoms with Crippen LogP contribution in [0.2, 0.25) is 0 Å². The second-order valence-electron chi connectivity index (χ2n) is 4.51. The van der Waals surface area contributed by atoms with Crippen LogP contribution < -0.4 is 5.73 Å². The Morgan fingerprint density at radius 3 is 2.94 bits per heavy atom. The van der Waals surface area contributed by atoms with Crippen LogP contribution >= 0.6 is 0 Å². The number of hydrogen-bond donors (Lipinski definition) is 1. The molecule has 0 bridgehead atoms. The molecule has 1 aliphatic rings. The highest BCUT2D eigenvalue weighted by Crippen LogP contribution is 2.18. The van der Waals surface area contributed by atoms with Crippen LogP contribution in [0.25, 0.3) is 0 Å². The van der Waals surface area contributed by atoms with Crippen LogP contribution in [0, 0.1) is 6.92 Å². The summed E-state index contributed by atoms with van der Waals surface area (Å²) in [5.41, 5.74) is 8.10. The number of ether oxygens (including phenoxy) is 1. The zero-order valence-corrected chi connectivity index (χ0v) is 10.3. The third kappa shape index (κ3) is 2.42. The fourth-order valence-corrected chi connectivity index (χ4v) is 2.06. The van der Waals surface area contributed by atoms with Gasteiger partial charge in [-0.15, -0.1) is 0 Å². The number of anilines is 1. The predicted molar refractivity (Wildman–Crippen MR) is 66.9 cm³/mol. The van der Waals surface area contributed by atoms with E-state index in [1.807, 2.05) is 30.9 Å². The summed E-state index contributed by atoms with van der Waals surface area (Å²) in [6, 6.07) is 5.65. The van der Waals surface area contributed by atoms with Crippen LogP contribution in [0.1, 0.15) is 22.8 Å². The van der Waals surface area contributed by atoms with Crippen LogP contribution in [0.15, 0.2) is 18.2 Å². The number of carbonyl (C=O) groups is 1. The summed E-state index contributed by atoms with van der Waals surface area (Å²) in [7, 11) is 0. The van der Waals surface area contributed by atoms with Crippen molar-refractivity contribution in [1.82, 2.24) is 4.90 Å². The highest BCUT2D eigenvalue weighted by molar-refractivity contribution is 5.99. The Bertz CT molecular complexity index is 431. The number of amides is 1. The minimum Gasteiger partial charge on any atom is -0.398 e. The summed E-state index contributed by atoms with van der Waals surface area (Å²) in [6.07, 6.45) is 0. The number of nitrogens with zero attached hydrogens (tertiary/aromatic N) is 1. The van der Waals surface area contributed by atoms with E-state index in [1.54, 1.807) is 6.07 Å². The Morgan fingerprint density at radius 2 is 2.29 bits per heavy atom. The molecule has 1 atom stereocenters. The van der Waals surface area contributed by atoms with E-state index in [-0.39, 0.29) is 11.9 Å². The lowest BCUT2D eigenvalue weighted by Crippen LogP contribution is -2.47. The minimum atomic E-state index is -0.00157. The van der Waals surface area contributed by atoms with Gasteiger partial charge < -0.3 is 15.4 Å². The monoisotopic (exact) mass is 234 g/mol. The molecule has 0 saturated carbocycles. The molecule has 4 nitrogen and oxygen atoms in total. The predicted octanol–water partition coefficient (Wildman–Crippen LogP) is 1.44. The van der Waals surface area contributed by atoms with E-state index in [0.29, 0.717) is 31.0 Å². The van der Waals surface area contributed by atoms with Gasteiger partial charge in [-0.05, 0) is 31.5 Å². The fraction of sp³-hybridized carbons (Fsp3) is 0.462. The molecule has 1 aromatic rings. The van der Waals surface area contributed by atoms with E-state index < -0.39 is 0 Å². The average molecular weight is 234 g/mol. The number of morpholine rings is 1. The van der Waals surface area contributed by atoms with Gasteiger partial charge in [-0.2, -0.15) is 0 Å². The van der Waals surface area contributed by atoms with E-state index in [4.69, 9.17) is 10.5 Å².